The highest BCUT2D eigenvalue weighted by molar-refractivity contribution is 6.18. The topological polar surface area (TPSA) is 46.1 Å². The summed E-state index contributed by atoms with van der Waals surface area (Å²) in [4.78, 5) is 21.4. The van der Waals surface area contributed by atoms with Gasteiger partial charge in [0.25, 0.3) is 5.91 Å². The Kier molecular flexibility index (Phi) is 3.16. The zero-order chi connectivity index (χ0) is 10.7. The summed E-state index contributed by atoms with van der Waals surface area (Å²) in [6, 6.07) is 0. The lowest BCUT2D eigenvalue weighted by molar-refractivity contribution is 0.0787. The number of hydrogen-bond acceptors (Lipinski definition) is 3. The minimum Gasteiger partial charge on any atom is -0.338 e. The number of carbonyl (C=O) groups is 1. The molecule has 0 saturated carbocycles. The van der Waals surface area contributed by atoms with Crippen LogP contribution in [0.15, 0.2) is 18.7 Å². The maximum atomic E-state index is 11.9. The molecule has 5 heteroatoms. The second kappa shape index (κ2) is 4.57. The lowest BCUT2D eigenvalue weighted by Crippen LogP contribution is -2.29. The summed E-state index contributed by atoms with van der Waals surface area (Å²) in [5.41, 5.74) is 0.549. The van der Waals surface area contributed by atoms with E-state index in [1.54, 1.807) is 12.4 Å². The van der Waals surface area contributed by atoms with E-state index >= 15 is 0 Å². The maximum absolute atomic E-state index is 11.9. The Labute approximate surface area is 93.3 Å². The van der Waals surface area contributed by atoms with Gasteiger partial charge in [0.2, 0.25) is 0 Å². The van der Waals surface area contributed by atoms with Crippen molar-refractivity contribution in [1.29, 1.82) is 0 Å². The normalized spacial score (nSPS) is 20.6. The molecule has 0 bridgehead atoms. The zero-order valence-electron chi connectivity index (χ0n) is 8.27. The third-order valence-electron chi connectivity index (χ3n) is 2.60. The number of alkyl halides is 1. The minimum atomic E-state index is 0.00298. The van der Waals surface area contributed by atoms with Crippen molar-refractivity contribution in [3.63, 3.8) is 0 Å². The minimum absolute atomic E-state index is 0.00298. The molecule has 1 unspecified atom stereocenters. The van der Waals surface area contributed by atoms with E-state index in [2.05, 4.69) is 9.97 Å². The summed E-state index contributed by atoms with van der Waals surface area (Å²) in [7, 11) is 0. The first-order valence-electron chi connectivity index (χ1n) is 4.91. The molecule has 0 N–H and O–H groups in total. The van der Waals surface area contributed by atoms with Crippen molar-refractivity contribution in [2.75, 3.05) is 19.0 Å². The Morgan fingerprint density at radius 1 is 1.53 bits per heavy atom. The predicted molar refractivity (Wildman–Crippen MR) is 56.8 cm³/mol. The SMILES string of the molecule is O=C(c1cncnc1)N1CCC(CCl)C1. The van der Waals surface area contributed by atoms with Crippen LogP contribution in [0, 0.1) is 5.92 Å². The lowest BCUT2D eigenvalue weighted by Gasteiger charge is -2.15. The standard InChI is InChI=1S/C10H12ClN3O/c11-3-8-1-2-14(6-8)10(15)9-4-12-7-13-5-9/h4-5,7-8H,1-3,6H2. The number of rotatable bonds is 2. The Hall–Kier alpha value is -1.16. The molecule has 2 rings (SSSR count). The smallest absolute Gasteiger partial charge is 0.256 e. The van der Waals surface area contributed by atoms with Crippen LogP contribution >= 0.6 is 11.6 Å². The molecule has 1 aromatic heterocycles. The summed E-state index contributed by atoms with van der Waals surface area (Å²) in [6.45, 7) is 1.53. The summed E-state index contributed by atoms with van der Waals surface area (Å²) in [5.74, 6) is 1.05. The second-order valence-corrected chi connectivity index (χ2v) is 4.00. The molecule has 15 heavy (non-hydrogen) atoms. The molecule has 1 fully saturated rings. The number of amides is 1. The van der Waals surface area contributed by atoms with Crippen molar-refractivity contribution >= 4 is 17.5 Å². The molecular formula is C10H12ClN3O. The van der Waals surface area contributed by atoms with E-state index in [-0.39, 0.29) is 5.91 Å². The summed E-state index contributed by atoms with van der Waals surface area (Å²) < 4.78 is 0. The van der Waals surface area contributed by atoms with Crippen molar-refractivity contribution < 1.29 is 4.79 Å². The quantitative estimate of drug-likeness (QED) is 0.710. The molecule has 80 valence electrons. The van der Waals surface area contributed by atoms with Gasteiger partial charge in [0.05, 0.1) is 5.56 Å². The van der Waals surface area contributed by atoms with Crippen LogP contribution in [-0.4, -0.2) is 39.7 Å². The second-order valence-electron chi connectivity index (χ2n) is 3.69. The molecule has 1 aliphatic rings. The summed E-state index contributed by atoms with van der Waals surface area (Å²) >= 11 is 5.76. The number of likely N-dealkylation sites (tertiary alicyclic amines) is 1. The van der Waals surface area contributed by atoms with E-state index in [1.807, 2.05) is 4.90 Å². The van der Waals surface area contributed by atoms with Gasteiger partial charge in [-0.05, 0) is 12.3 Å². The first-order chi connectivity index (χ1) is 7.31. The average Bonchev–Trinajstić information content (AvgIpc) is 2.78. The molecule has 1 aromatic rings. The predicted octanol–water partition coefficient (Wildman–Crippen LogP) is 1.18. The molecule has 2 heterocycles. The number of carbonyl (C=O) groups excluding carboxylic acids is 1. The summed E-state index contributed by atoms with van der Waals surface area (Å²) in [6.07, 6.45) is 5.50. The monoisotopic (exact) mass is 225 g/mol. The fourth-order valence-electron chi connectivity index (χ4n) is 1.74. The highest BCUT2D eigenvalue weighted by Crippen LogP contribution is 2.19. The maximum Gasteiger partial charge on any atom is 0.256 e. The van der Waals surface area contributed by atoms with Crippen LogP contribution in [0.5, 0.6) is 0 Å². The van der Waals surface area contributed by atoms with Crippen LogP contribution in [0.25, 0.3) is 0 Å². The Morgan fingerprint density at radius 2 is 2.27 bits per heavy atom. The van der Waals surface area contributed by atoms with Crippen LogP contribution in [-0.2, 0) is 0 Å². The van der Waals surface area contributed by atoms with Gasteiger partial charge in [-0.1, -0.05) is 0 Å². The number of hydrogen-bond donors (Lipinski definition) is 0. The molecule has 0 aliphatic carbocycles. The molecule has 1 saturated heterocycles. The molecule has 1 atom stereocenters. The largest absolute Gasteiger partial charge is 0.338 e. The van der Waals surface area contributed by atoms with Gasteiger partial charge in [-0.2, -0.15) is 0 Å². The number of aromatic nitrogens is 2. The third-order valence-corrected chi connectivity index (χ3v) is 3.04. The fourth-order valence-corrected chi connectivity index (χ4v) is 1.99. The van der Waals surface area contributed by atoms with Gasteiger partial charge < -0.3 is 4.90 Å². The van der Waals surface area contributed by atoms with Gasteiger partial charge in [0.1, 0.15) is 6.33 Å². The van der Waals surface area contributed by atoms with Gasteiger partial charge in [0, 0.05) is 31.4 Å². The van der Waals surface area contributed by atoms with E-state index in [0.717, 1.165) is 19.5 Å². The average molecular weight is 226 g/mol. The van der Waals surface area contributed by atoms with Crippen molar-refractivity contribution in [3.8, 4) is 0 Å². The first kappa shape index (κ1) is 10.4. The Morgan fingerprint density at radius 3 is 2.87 bits per heavy atom. The highest BCUT2D eigenvalue weighted by Gasteiger charge is 2.26. The van der Waals surface area contributed by atoms with Crippen molar-refractivity contribution in [3.05, 3.63) is 24.3 Å². The number of nitrogens with zero attached hydrogens (tertiary/aromatic N) is 3. The molecule has 4 nitrogen and oxygen atoms in total. The van der Waals surface area contributed by atoms with Gasteiger partial charge >= 0.3 is 0 Å². The summed E-state index contributed by atoms with van der Waals surface area (Å²) in [5, 5.41) is 0. The van der Waals surface area contributed by atoms with Crippen molar-refractivity contribution in [1.82, 2.24) is 14.9 Å². The zero-order valence-corrected chi connectivity index (χ0v) is 9.02. The molecule has 1 amide bonds. The first-order valence-corrected chi connectivity index (χ1v) is 5.45. The lowest BCUT2D eigenvalue weighted by atomic mass is 10.2. The van der Waals surface area contributed by atoms with Gasteiger partial charge in [-0.15, -0.1) is 11.6 Å². The molecule has 0 aromatic carbocycles. The van der Waals surface area contributed by atoms with Crippen molar-refractivity contribution in [2.45, 2.75) is 6.42 Å². The molecule has 1 aliphatic heterocycles. The Bertz CT molecular complexity index is 344. The van der Waals surface area contributed by atoms with E-state index in [1.165, 1.54) is 6.33 Å². The fraction of sp³-hybridized carbons (Fsp3) is 0.500. The van der Waals surface area contributed by atoms with Crippen LogP contribution in [0.3, 0.4) is 0 Å². The third kappa shape index (κ3) is 2.26. The van der Waals surface area contributed by atoms with E-state index < -0.39 is 0 Å². The Balaban J connectivity index is 2.04. The van der Waals surface area contributed by atoms with E-state index in [0.29, 0.717) is 17.4 Å². The van der Waals surface area contributed by atoms with E-state index in [4.69, 9.17) is 11.6 Å². The van der Waals surface area contributed by atoms with E-state index in [9.17, 15) is 4.79 Å². The van der Waals surface area contributed by atoms with Gasteiger partial charge in [-0.25, -0.2) is 9.97 Å². The number of halogens is 1. The van der Waals surface area contributed by atoms with Crippen LogP contribution < -0.4 is 0 Å². The van der Waals surface area contributed by atoms with Crippen LogP contribution in [0.2, 0.25) is 0 Å². The highest BCUT2D eigenvalue weighted by atomic mass is 35.5. The van der Waals surface area contributed by atoms with Gasteiger partial charge in [0.15, 0.2) is 0 Å². The van der Waals surface area contributed by atoms with Crippen molar-refractivity contribution in [2.24, 2.45) is 5.92 Å². The molecular weight excluding hydrogens is 214 g/mol. The van der Waals surface area contributed by atoms with Gasteiger partial charge in [-0.3, -0.25) is 4.79 Å². The molecule has 0 radical (unpaired) electrons. The molecule has 0 spiro atoms. The van der Waals surface area contributed by atoms with Crippen LogP contribution in [0.4, 0.5) is 0 Å². The van der Waals surface area contributed by atoms with Crippen LogP contribution in [0.1, 0.15) is 16.8 Å².